The van der Waals surface area contributed by atoms with Gasteiger partial charge in [-0.2, -0.15) is 0 Å². The molecule has 6 nitrogen and oxygen atoms in total. The van der Waals surface area contributed by atoms with Gasteiger partial charge in [-0.15, -0.1) is 0 Å². The predicted molar refractivity (Wildman–Crippen MR) is 103 cm³/mol. The van der Waals surface area contributed by atoms with E-state index < -0.39 is 0 Å². The van der Waals surface area contributed by atoms with Gasteiger partial charge in [0.05, 0.1) is 42.8 Å². The Hall–Kier alpha value is -1.34. The van der Waals surface area contributed by atoms with E-state index in [0.717, 1.165) is 6.54 Å². The number of likely N-dealkylation sites (tertiary alicyclic amines) is 1. The van der Waals surface area contributed by atoms with Crippen LogP contribution in [0.25, 0.3) is 0 Å². The third-order valence-corrected chi connectivity index (χ3v) is 4.95. The van der Waals surface area contributed by atoms with Crippen LogP contribution in [0.15, 0.2) is 23.2 Å². The van der Waals surface area contributed by atoms with Crippen molar-refractivity contribution in [3.63, 3.8) is 0 Å². The fourth-order valence-electron chi connectivity index (χ4n) is 2.77. The molecule has 2 N–H and O–H groups in total. The number of nitrogens with one attached hydrogen (secondary N) is 2. The highest BCUT2D eigenvalue weighted by atomic mass is 35.5. The Morgan fingerprint density at radius 2 is 1.96 bits per heavy atom. The monoisotopic (exact) mass is 402 g/mol. The van der Waals surface area contributed by atoms with Crippen LogP contribution < -0.4 is 10.2 Å². The molecule has 1 heterocycles. The Morgan fingerprint density at radius 1 is 1.19 bits per heavy atom. The van der Waals surface area contributed by atoms with Crippen molar-refractivity contribution in [2.45, 2.75) is 19.3 Å². The number of hydrogen-bond acceptors (Lipinski definition) is 4. The maximum absolute atomic E-state index is 12.4. The van der Waals surface area contributed by atoms with Gasteiger partial charge in [0.1, 0.15) is 6.61 Å². The largest absolute Gasteiger partial charge is 0.463 e. The van der Waals surface area contributed by atoms with E-state index in [0.29, 0.717) is 35.4 Å². The summed E-state index contributed by atoms with van der Waals surface area (Å²) in [6.07, 6.45) is 3.85. The van der Waals surface area contributed by atoms with Crippen LogP contribution in [-0.2, 0) is 9.47 Å². The zero-order valence-corrected chi connectivity index (χ0v) is 16.5. The number of methoxy groups -OCH3 is 1. The Morgan fingerprint density at radius 3 is 2.65 bits per heavy atom. The van der Waals surface area contributed by atoms with Crippen LogP contribution in [0.4, 0.5) is 0 Å². The van der Waals surface area contributed by atoms with Crippen LogP contribution in [-0.4, -0.2) is 58.4 Å². The maximum Gasteiger partial charge on any atom is 0.291 e. The smallest absolute Gasteiger partial charge is 0.291 e. The zero-order valence-electron chi connectivity index (χ0n) is 15.0. The SMILES string of the molecule is COCCOC(=NCC[NH+]1CCCCC1)NC(=O)c1ccc(Cl)c(Cl)c1. The van der Waals surface area contributed by atoms with Crippen molar-refractivity contribution in [3.8, 4) is 0 Å². The van der Waals surface area contributed by atoms with Crippen LogP contribution in [0.2, 0.25) is 10.0 Å². The van der Waals surface area contributed by atoms with Gasteiger partial charge < -0.3 is 14.4 Å². The standard InChI is InChI=1S/C18H25Cl2N3O3/c1-25-11-12-26-18(21-7-10-23-8-3-2-4-9-23)22-17(24)14-5-6-15(19)16(20)13-14/h5-6,13H,2-4,7-12H2,1H3,(H,21,22,24)/p+1. The lowest BCUT2D eigenvalue weighted by Gasteiger charge is -2.22. The van der Waals surface area contributed by atoms with Gasteiger partial charge in [-0.25, -0.2) is 4.99 Å². The van der Waals surface area contributed by atoms with E-state index in [9.17, 15) is 4.79 Å². The van der Waals surface area contributed by atoms with Crippen molar-refractivity contribution in [2.75, 3.05) is 46.5 Å². The molecular weight excluding hydrogens is 377 g/mol. The molecule has 2 rings (SSSR count). The van der Waals surface area contributed by atoms with Gasteiger partial charge in [0.25, 0.3) is 11.9 Å². The third kappa shape index (κ3) is 7.11. The lowest BCUT2D eigenvalue weighted by atomic mass is 10.1. The summed E-state index contributed by atoms with van der Waals surface area (Å²) in [5, 5.41) is 3.43. The molecule has 0 atom stereocenters. The first-order valence-corrected chi connectivity index (χ1v) is 9.62. The average Bonchev–Trinajstić information content (AvgIpc) is 2.64. The minimum Gasteiger partial charge on any atom is -0.463 e. The van der Waals surface area contributed by atoms with E-state index in [4.69, 9.17) is 32.7 Å². The Bertz CT molecular complexity index is 620. The van der Waals surface area contributed by atoms with E-state index in [2.05, 4.69) is 10.3 Å². The topological polar surface area (TPSA) is 64.4 Å². The number of nitrogens with zero attached hydrogens (tertiary/aromatic N) is 1. The van der Waals surface area contributed by atoms with E-state index >= 15 is 0 Å². The number of halogens is 2. The van der Waals surface area contributed by atoms with Crippen LogP contribution >= 0.6 is 23.2 Å². The third-order valence-electron chi connectivity index (χ3n) is 4.21. The fraction of sp³-hybridized carbons (Fsp3) is 0.556. The Balaban J connectivity index is 1.94. The number of aliphatic imine (C=N–C) groups is 1. The molecule has 1 amide bonds. The molecule has 1 saturated heterocycles. The molecule has 0 saturated carbocycles. The van der Waals surface area contributed by atoms with Gasteiger partial charge in [0, 0.05) is 12.7 Å². The summed E-state index contributed by atoms with van der Waals surface area (Å²) in [7, 11) is 1.59. The van der Waals surface area contributed by atoms with Crippen molar-refractivity contribution in [2.24, 2.45) is 4.99 Å². The summed E-state index contributed by atoms with van der Waals surface area (Å²) < 4.78 is 10.5. The minimum absolute atomic E-state index is 0.203. The Kier molecular flexibility index (Phi) is 9.18. The van der Waals surface area contributed by atoms with E-state index in [-0.39, 0.29) is 11.9 Å². The molecule has 8 heteroatoms. The van der Waals surface area contributed by atoms with Gasteiger partial charge in [0.2, 0.25) is 0 Å². The summed E-state index contributed by atoms with van der Waals surface area (Å²) >= 11 is 11.9. The number of amidine groups is 1. The zero-order chi connectivity index (χ0) is 18.8. The molecular formula is C18H26Cl2N3O3+. The predicted octanol–water partition coefficient (Wildman–Crippen LogP) is 1.81. The van der Waals surface area contributed by atoms with Gasteiger partial charge in [-0.1, -0.05) is 23.2 Å². The van der Waals surface area contributed by atoms with E-state index in [1.54, 1.807) is 24.1 Å². The molecule has 1 aromatic rings. The van der Waals surface area contributed by atoms with Gasteiger partial charge in [-0.05, 0) is 37.5 Å². The summed E-state index contributed by atoms with van der Waals surface area (Å²) in [5.41, 5.74) is 0.393. The molecule has 0 spiro atoms. The number of ether oxygens (including phenoxy) is 2. The van der Waals surface area contributed by atoms with Gasteiger partial charge in [0.15, 0.2) is 0 Å². The molecule has 1 aliphatic rings. The molecule has 0 aromatic heterocycles. The maximum atomic E-state index is 12.4. The van der Waals surface area contributed by atoms with Crippen molar-refractivity contribution in [3.05, 3.63) is 33.8 Å². The quantitative estimate of drug-likeness (QED) is 0.415. The van der Waals surface area contributed by atoms with Gasteiger partial charge in [-0.3, -0.25) is 10.1 Å². The summed E-state index contributed by atoms with van der Waals surface area (Å²) in [6, 6.07) is 4.91. The lowest BCUT2D eigenvalue weighted by Crippen LogP contribution is -3.13. The molecule has 0 radical (unpaired) electrons. The van der Waals surface area contributed by atoms with Crippen molar-refractivity contribution in [1.82, 2.24) is 5.32 Å². The van der Waals surface area contributed by atoms with Crippen LogP contribution in [0, 0.1) is 0 Å². The molecule has 0 unspecified atom stereocenters. The number of amides is 1. The minimum atomic E-state index is -0.343. The summed E-state index contributed by atoms with van der Waals surface area (Å²) in [6.45, 7) is 4.63. The highest BCUT2D eigenvalue weighted by Crippen LogP contribution is 2.22. The molecule has 1 aromatic carbocycles. The first-order valence-electron chi connectivity index (χ1n) is 8.86. The number of carbonyl (C=O) groups excluding carboxylic acids is 1. The summed E-state index contributed by atoms with van der Waals surface area (Å²) in [4.78, 5) is 18.4. The van der Waals surface area contributed by atoms with E-state index in [1.807, 2.05) is 0 Å². The molecule has 1 fully saturated rings. The lowest BCUT2D eigenvalue weighted by molar-refractivity contribution is -0.903. The second kappa shape index (κ2) is 11.4. The summed E-state index contributed by atoms with van der Waals surface area (Å²) in [5.74, 6) is -0.343. The molecule has 144 valence electrons. The molecule has 0 aliphatic carbocycles. The second-order valence-corrected chi connectivity index (χ2v) is 6.99. The van der Waals surface area contributed by atoms with Crippen molar-refractivity contribution >= 4 is 35.1 Å². The van der Waals surface area contributed by atoms with Crippen LogP contribution in [0.3, 0.4) is 0 Å². The molecule has 26 heavy (non-hydrogen) atoms. The van der Waals surface area contributed by atoms with Crippen LogP contribution in [0.1, 0.15) is 29.6 Å². The average molecular weight is 403 g/mol. The van der Waals surface area contributed by atoms with Crippen molar-refractivity contribution < 1.29 is 19.2 Å². The highest BCUT2D eigenvalue weighted by Gasteiger charge is 2.14. The number of rotatable bonds is 7. The number of benzene rings is 1. The molecule has 1 aliphatic heterocycles. The van der Waals surface area contributed by atoms with Crippen molar-refractivity contribution in [1.29, 1.82) is 0 Å². The van der Waals surface area contributed by atoms with Gasteiger partial charge >= 0.3 is 0 Å². The van der Waals surface area contributed by atoms with E-state index in [1.165, 1.54) is 38.4 Å². The normalized spacial score (nSPS) is 15.7. The number of carbonyl (C=O) groups is 1. The first kappa shape index (κ1) is 21.0. The Labute approximate surface area is 164 Å². The second-order valence-electron chi connectivity index (χ2n) is 6.17. The first-order chi connectivity index (χ1) is 12.6. The number of quaternary nitrogens is 1. The molecule has 0 bridgehead atoms. The number of piperidine rings is 1. The highest BCUT2D eigenvalue weighted by molar-refractivity contribution is 6.42. The number of hydrogen-bond donors (Lipinski definition) is 2. The fourth-order valence-corrected chi connectivity index (χ4v) is 3.07. The van der Waals surface area contributed by atoms with Crippen LogP contribution in [0.5, 0.6) is 0 Å².